The van der Waals surface area contributed by atoms with Crippen molar-refractivity contribution in [3.05, 3.63) is 23.8 Å². The molecule has 4 heteroatoms. The Morgan fingerprint density at radius 3 is 2.94 bits per heavy atom. The summed E-state index contributed by atoms with van der Waals surface area (Å²) in [7, 11) is 1.58. The van der Waals surface area contributed by atoms with Gasteiger partial charge in [-0.2, -0.15) is 5.26 Å². The van der Waals surface area contributed by atoms with Crippen molar-refractivity contribution in [3.63, 3.8) is 0 Å². The van der Waals surface area contributed by atoms with E-state index in [0.717, 1.165) is 19.5 Å². The van der Waals surface area contributed by atoms with Gasteiger partial charge in [0, 0.05) is 12.6 Å². The fraction of sp³-hybridized carbons (Fsp3) is 0.417. The topological polar surface area (TPSA) is 54.3 Å². The molecule has 1 aromatic carbocycles. The summed E-state index contributed by atoms with van der Waals surface area (Å²) in [5, 5.41) is 12.0. The molecule has 1 fully saturated rings. The molecule has 4 nitrogen and oxygen atoms in total. The monoisotopic (exact) mass is 218 g/mol. The van der Waals surface area contributed by atoms with Crippen molar-refractivity contribution in [2.45, 2.75) is 12.5 Å². The van der Waals surface area contributed by atoms with Gasteiger partial charge < -0.3 is 14.8 Å². The van der Waals surface area contributed by atoms with Crippen LogP contribution in [0.2, 0.25) is 0 Å². The van der Waals surface area contributed by atoms with Gasteiger partial charge in [-0.05, 0) is 25.1 Å². The lowest BCUT2D eigenvalue weighted by Crippen LogP contribution is -2.19. The van der Waals surface area contributed by atoms with Crippen molar-refractivity contribution in [2.75, 3.05) is 20.2 Å². The number of ether oxygens (including phenoxy) is 2. The molecule has 0 aliphatic carbocycles. The van der Waals surface area contributed by atoms with Crippen LogP contribution in [0.5, 0.6) is 11.5 Å². The van der Waals surface area contributed by atoms with Crippen LogP contribution >= 0.6 is 0 Å². The number of benzene rings is 1. The summed E-state index contributed by atoms with van der Waals surface area (Å²) in [4.78, 5) is 0. The number of nitrogens with zero attached hydrogens (tertiary/aromatic N) is 1. The van der Waals surface area contributed by atoms with Gasteiger partial charge in [0.05, 0.1) is 18.7 Å². The maximum Gasteiger partial charge on any atom is 0.162 e. The Bertz CT molecular complexity index is 406. The molecule has 1 heterocycles. The van der Waals surface area contributed by atoms with Gasteiger partial charge in [-0.25, -0.2) is 0 Å². The van der Waals surface area contributed by atoms with Crippen LogP contribution in [-0.2, 0) is 0 Å². The van der Waals surface area contributed by atoms with E-state index < -0.39 is 0 Å². The van der Waals surface area contributed by atoms with Gasteiger partial charge in [-0.15, -0.1) is 0 Å². The minimum absolute atomic E-state index is 0.196. The van der Waals surface area contributed by atoms with Crippen molar-refractivity contribution in [2.24, 2.45) is 0 Å². The fourth-order valence-electron chi connectivity index (χ4n) is 1.74. The zero-order valence-electron chi connectivity index (χ0n) is 9.19. The first-order chi connectivity index (χ1) is 7.83. The molecule has 2 rings (SSSR count). The van der Waals surface area contributed by atoms with Crippen LogP contribution < -0.4 is 14.8 Å². The van der Waals surface area contributed by atoms with Crippen LogP contribution in [0.3, 0.4) is 0 Å². The molecule has 1 aliphatic heterocycles. The predicted molar refractivity (Wildman–Crippen MR) is 59.6 cm³/mol. The average Bonchev–Trinajstić information content (AvgIpc) is 2.82. The lowest BCUT2D eigenvalue weighted by molar-refractivity contribution is 0.213. The highest BCUT2D eigenvalue weighted by molar-refractivity contribution is 5.46. The van der Waals surface area contributed by atoms with Crippen molar-refractivity contribution < 1.29 is 9.47 Å². The molecule has 1 unspecified atom stereocenters. The average molecular weight is 218 g/mol. The van der Waals surface area contributed by atoms with E-state index in [1.807, 2.05) is 0 Å². The third-order valence-corrected chi connectivity index (χ3v) is 2.60. The van der Waals surface area contributed by atoms with Crippen LogP contribution in [0.4, 0.5) is 0 Å². The molecule has 0 aromatic heterocycles. The molecule has 84 valence electrons. The fourth-order valence-corrected chi connectivity index (χ4v) is 1.74. The van der Waals surface area contributed by atoms with Crippen molar-refractivity contribution in [3.8, 4) is 17.6 Å². The first-order valence-corrected chi connectivity index (χ1v) is 5.29. The van der Waals surface area contributed by atoms with E-state index >= 15 is 0 Å². The molecule has 0 saturated carbocycles. The molecule has 0 spiro atoms. The second-order valence-corrected chi connectivity index (χ2v) is 3.71. The van der Waals surface area contributed by atoms with E-state index in [4.69, 9.17) is 14.7 Å². The number of nitrogens with one attached hydrogen (secondary N) is 1. The largest absolute Gasteiger partial charge is 0.493 e. The Morgan fingerprint density at radius 1 is 1.44 bits per heavy atom. The van der Waals surface area contributed by atoms with Gasteiger partial charge in [0.15, 0.2) is 11.5 Å². The highest BCUT2D eigenvalue weighted by atomic mass is 16.5. The molecule has 1 aliphatic rings. The summed E-state index contributed by atoms with van der Waals surface area (Å²) in [5.74, 6) is 1.32. The lowest BCUT2D eigenvalue weighted by atomic mass is 10.2. The number of methoxy groups -OCH3 is 1. The molecule has 0 bridgehead atoms. The Kier molecular flexibility index (Phi) is 3.28. The molecule has 16 heavy (non-hydrogen) atoms. The zero-order valence-corrected chi connectivity index (χ0v) is 9.19. The second-order valence-electron chi connectivity index (χ2n) is 3.71. The van der Waals surface area contributed by atoms with Gasteiger partial charge in [-0.1, -0.05) is 0 Å². The molecule has 0 amide bonds. The lowest BCUT2D eigenvalue weighted by Gasteiger charge is -2.15. The standard InChI is InChI=1S/C12H14N2O2/c1-15-12-6-9(7-13)2-3-11(12)16-10-4-5-14-8-10/h2-3,6,10,14H,4-5,8H2,1H3. The van der Waals surface area contributed by atoms with E-state index in [0.29, 0.717) is 17.1 Å². The number of hydrogen-bond donors (Lipinski definition) is 1. The SMILES string of the molecule is COc1cc(C#N)ccc1OC1CCNC1. The van der Waals surface area contributed by atoms with Crippen LogP contribution in [0.25, 0.3) is 0 Å². The molecule has 1 saturated heterocycles. The van der Waals surface area contributed by atoms with Gasteiger partial charge in [-0.3, -0.25) is 0 Å². The van der Waals surface area contributed by atoms with Crippen LogP contribution in [0.1, 0.15) is 12.0 Å². The van der Waals surface area contributed by atoms with E-state index in [1.54, 1.807) is 25.3 Å². The maximum absolute atomic E-state index is 8.78. The molecule has 1 atom stereocenters. The van der Waals surface area contributed by atoms with Gasteiger partial charge >= 0.3 is 0 Å². The van der Waals surface area contributed by atoms with E-state index in [9.17, 15) is 0 Å². The summed E-state index contributed by atoms with van der Waals surface area (Å²) in [6, 6.07) is 7.29. The quantitative estimate of drug-likeness (QED) is 0.831. The zero-order chi connectivity index (χ0) is 11.4. The van der Waals surface area contributed by atoms with Gasteiger partial charge in [0.25, 0.3) is 0 Å². The normalized spacial score (nSPS) is 19.1. The minimum Gasteiger partial charge on any atom is -0.493 e. The summed E-state index contributed by atoms with van der Waals surface area (Å²) in [6.07, 6.45) is 1.20. The predicted octanol–water partition coefficient (Wildman–Crippen LogP) is 1.31. The first-order valence-electron chi connectivity index (χ1n) is 5.29. The first kappa shape index (κ1) is 10.8. The van der Waals surface area contributed by atoms with Gasteiger partial charge in [0.1, 0.15) is 6.10 Å². The van der Waals surface area contributed by atoms with E-state index in [1.165, 1.54) is 0 Å². The Labute approximate surface area is 94.8 Å². The minimum atomic E-state index is 0.196. The highest BCUT2D eigenvalue weighted by Gasteiger charge is 2.17. The van der Waals surface area contributed by atoms with Crippen LogP contribution in [0, 0.1) is 11.3 Å². The maximum atomic E-state index is 8.78. The summed E-state index contributed by atoms with van der Waals surface area (Å²) in [6.45, 7) is 1.85. The van der Waals surface area contributed by atoms with Crippen LogP contribution in [-0.4, -0.2) is 26.3 Å². The smallest absolute Gasteiger partial charge is 0.162 e. The molecule has 1 N–H and O–H groups in total. The Morgan fingerprint density at radius 2 is 2.31 bits per heavy atom. The van der Waals surface area contributed by atoms with Crippen LogP contribution in [0.15, 0.2) is 18.2 Å². The van der Waals surface area contributed by atoms with Crippen molar-refractivity contribution >= 4 is 0 Å². The van der Waals surface area contributed by atoms with Crippen molar-refractivity contribution in [1.82, 2.24) is 5.32 Å². The van der Waals surface area contributed by atoms with Crippen molar-refractivity contribution in [1.29, 1.82) is 5.26 Å². The number of rotatable bonds is 3. The molecule has 0 radical (unpaired) electrons. The molecular formula is C12H14N2O2. The summed E-state index contributed by atoms with van der Waals surface area (Å²) in [5.41, 5.74) is 0.578. The summed E-state index contributed by atoms with van der Waals surface area (Å²) >= 11 is 0. The highest BCUT2D eigenvalue weighted by Crippen LogP contribution is 2.29. The summed E-state index contributed by atoms with van der Waals surface area (Å²) < 4.78 is 11.0. The third-order valence-electron chi connectivity index (χ3n) is 2.60. The number of hydrogen-bond acceptors (Lipinski definition) is 4. The van der Waals surface area contributed by atoms with Gasteiger partial charge in [0.2, 0.25) is 0 Å². The van der Waals surface area contributed by atoms with E-state index in [2.05, 4.69) is 11.4 Å². The third kappa shape index (κ3) is 2.26. The molecule has 1 aromatic rings. The number of nitriles is 1. The Hall–Kier alpha value is -1.73. The Balaban J connectivity index is 2.16. The second kappa shape index (κ2) is 4.86. The van der Waals surface area contributed by atoms with E-state index in [-0.39, 0.29) is 6.10 Å². The molecular weight excluding hydrogens is 204 g/mol.